The predicted octanol–water partition coefficient (Wildman–Crippen LogP) is 3.98. The van der Waals surface area contributed by atoms with Crippen LogP contribution in [0.15, 0.2) is 30.8 Å². The van der Waals surface area contributed by atoms with Crippen LogP contribution in [-0.4, -0.2) is 18.3 Å². The van der Waals surface area contributed by atoms with E-state index in [4.69, 9.17) is 20.9 Å². The van der Waals surface area contributed by atoms with Crippen LogP contribution in [0.3, 0.4) is 0 Å². The fourth-order valence-corrected chi connectivity index (χ4v) is 2.00. The first-order chi connectivity index (χ1) is 8.23. The average molecular weight is 265 g/mol. The molecular weight excluding hydrogens is 246 g/mol. The summed E-state index contributed by atoms with van der Waals surface area (Å²) in [6.07, 6.45) is 0. The molecule has 1 aliphatic rings. The van der Waals surface area contributed by atoms with Crippen LogP contribution in [0, 0.1) is 0 Å². The Hall–Kier alpha value is -0.765. The molecular formula is C14H18BClO2. The third-order valence-electron chi connectivity index (χ3n) is 3.73. The molecule has 0 N–H and O–H groups in total. The smallest absolute Gasteiger partial charge is 0.399 e. The van der Waals surface area contributed by atoms with Crippen molar-refractivity contribution in [2.45, 2.75) is 38.9 Å². The monoisotopic (exact) mass is 264 g/mol. The van der Waals surface area contributed by atoms with Gasteiger partial charge in [-0.2, -0.15) is 0 Å². The summed E-state index contributed by atoms with van der Waals surface area (Å²) in [5, 5.41) is 0.685. The molecule has 0 aromatic heterocycles. The summed E-state index contributed by atoms with van der Waals surface area (Å²) >= 11 is 5.98. The molecule has 0 atom stereocenters. The molecule has 0 spiro atoms. The maximum Gasteiger partial charge on any atom is 0.494 e. The number of benzene rings is 1. The van der Waals surface area contributed by atoms with Crippen molar-refractivity contribution < 1.29 is 9.31 Å². The van der Waals surface area contributed by atoms with Gasteiger partial charge in [-0.05, 0) is 50.9 Å². The van der Waals surface area contributed by atoms with Gasteiger partial charge in [0.05, 0.1) is 11.2 Å². The molecule has 0 bridgehead atoms. The Morgan fingerprint density at radius 3 is 2.22 bits per heavy atom. The van der Waals surface area contributed by atoms with Crippen molar-refractivity contribution in [2.24, 2.45) is 0 Å². The van der Waals surface area contributed by atoms with Gasteiger partial charge in [0, 0.05) is 5.02 Å². The van der Waals surface area contributed by atoms with Crippen LogP contribution in [0.2, 0.25) is 5.02 Å². The van der Waals surface area contributed by atoms with Crippen molar-refractivity contribution in [3.8, 4) is 0 Å². The van der Waals surface area contributed by atoms with Gasteiger partial charge >= 0.3 is 7.12 Å². The molecule has 1 aromatic rings. The third-order valence-corrected chi connectivity index (χ3v) is 3.97. The zero-order valence-corrected chi connectivity index (χ0v) is 12.0. The maximum absolute atomic E-state index is 5.98. The number of hydrogen-bond acceptors (Lipinski definition) is 2. The normalized spacial score (nSPS) is 21.1. The van der Waals surface area contributed by atoms with Crippen molar-refractivity contribution in [1.29, 1.82) is 0 Å². The summed E-state index contributed by atoms with van der Waals surface area (Å²) in [7, 11) is -0.423. The molecule has 2 rings (SSSR count). The first-order valence-corrected chi connectivity index (χ1v) is 6.41. The molecule has 18 heavy (non-hydrogen) atoms. The van der Waals surface area contributed by atoms with Crippen LogP contribution < -0.4 is 0 Å². The minimum absolute atomic E-state index is 0.348. The van der Waals surface area contributed by atoms with Gasteiger partial charge in [0.15, 0.2) is 0 Å². The van der Waals surface area contributed by atoms with E-state index in [-0.39, 0.29) is 11.2 Å². The van der Waals surface area contributed by atoms with E-state index in [2.05, 4.69) is 6.58 Å². The molecule has 0 amide bonds. The Bertz CT molecular complexity index is 466. The summed E-state index contributed by atoms with van der Waals surface area (Å²) in [6, 6.07) is 7.56. The lowest BCUT2D eigenvalue weighted by Crippen LogP contribution is -2.41. The van der Waals surface area contributed by atoms with Crippen molar-refractivity contribution in [1.82, 2.24) is 0 Å². The van der Waals surface area contributed by atoms with Gasteiger partial charge in [0.1, 0.15) is 0 Å². The van der Waals surface area contributed by atoms with Crippen LogP contribution >= 0.6 is 11.6 Å². The molecule has 0 radical (unpaired) electrons. The zero-order chi connectivity index (χ0) is 13.6. The summed E-state index contributed by atoms with van der Waals surface area (Å²) in [5.74, 6) is 0. The fraction of sp³-hybridized carbons (Fsp3) is 0.429. The molecule has 0 unspecified atom stereocenters. The van der Waals surface area contributed by atoms with Gasteiger partial charge in [-0.3, -0.25) is 0 Å². The Balaban J connectivity index is 2.23. The Kier molecular flexibility index (Phi) is 3.35. The molecule has 1 fully saturated rings. The summed E-state index contributed by atoms with van der Waals surface area (Å²) < 4.78 is 11.9. The quantitative estimate of drug-likeness (QED) is 0.752. The largest absolute Gasteiger partial charge is 0.494 e. The van der Waals surface area contributed by atoms with Crippen molar-refractivity contribution in [3.63, 3.8) is 0 Å². The van der Waals surface area contributed by atoms with E-state index < -0.39 is 7.12 Å². The minimum atomic E-state index is -0.423. The highest BCUT2D eigenvalue weighted by molar-refractivity contribution is 6.68. The lowest BCUT2D eigenvalue weighted by molar-refractivity contribution is 0.00578. The zero-order valence-electron chi connectivity index (χ0n) is 11.3. The lowest BCUT2D eigenvalue weighted by atomic mass is 9.75. The second-order valence-corrected chi connectivity index (χ2v) is 6.06. The molecule has 2 nitrogen and oxygen atoms in total. The second kappa shape index (κ2) is 4.41. The van der Waals surface area contributed by atoms with Crippen LogP contribution in [0.5, 0.6) is 0 Å². The first kappa shape index (κ1) is 13.7. The molecule has 1 aromatic carbocycles. The highest BCUT2D eigenvalue weighted by atomic mass is 35.5. The SMILES string of the molecule is C=C(B1OC(C)(C)C(C)(C)O1)c1cccc(Cl)c1. The lowest BCUT2D eigenvalue weighted by Gasteiger charge is -2.32. The van der Waals surface area contributed by atoms with Crippen LogP contribution in [0.1, 0.15) is 33.3 Å². The molecule has 1 saturated heterocycles. The number of halogens is 1. The van der Waals surface area contributed by atoms with E-state index in [1.54, 1.807) is 0 Å². The third kappa shape index (κ3) is 2.35. The van der Waals surface area contributed by atoms with Gasteiger partial charge in [-0.25, -0.2) is 0 Å². The Labute approximate surface area is 114 Å². The van der Waals surface area contributed by atoms with E-state index in [1.165, 1.54) is 0 Å². The van der Waals surface area contributed by atoms with Crippen molar-refractivity contribution in [2.75, 3.05) is 0 Å². The van der Waals surface area contributed by atoms with Gasteiger partial charge in [0.2, 0.25) is 0 Å². The predicted molar refractivity (Wildman–Crippen MR) is 76.6 cm³/mol. The van der Waals surface area contributed by atoms with E-state index in [0.717, 1.165) is 11.0 Å². The molecule has 4 heteroatoms. The number of rotatable bonds is 2. The summed E-state index contributed by atoms with van der Waals surface area (Å²) in [4.78, 5) is 0. The molecule has 0 saturated carbocycles. The van der Waals surface area contributed by atoms with Crippen LogP contribution in [0.4, 0.5) is 0 Å². The maximum atomic E-state index is 5.98. The van der Waals surface area contributed by atoms with E-state index in [0.29, 0.717) is 5.02 Å². The van der Waals surface area contributed by atoms with Crippen LogP contribution in [-0.2, 0) is 9.31 Å². The van der Waals surface area contributed by atoms with E-state index in [1.807, 2.05) is 52.0 Å². The average Bonchev–Trinajstić information content (AvgIpc) is 2.47. The minimum Gasteiger partial charge on any atom is -0.399 e. The summed E-state index contributed by atoms with van der Waals surface area (Å²) in [5.41, 5.74) is 1.05. The first-order valence-electron chi connectivity index (χ1n) is 6.03. The fourth-order valence-electron chi connectivity index (χ4n) is 1.81. The van der Waals surface area contributed by atoms with Gasteiger partial charge in [-0.15, -0.1) is 0 Å². The molecule has 0 aliphatic carbocycles. The second-order valence-electron chi connectivity index (χ2n) is 5.62. The van der Waals surface area contributed by atoms with Crippen LogP contribution in [0.25, 0.3) is 5.47 Å². The van der Waals surface area contributed by atoms with Crippen molar-refractivity contribution >= 4 is 24.2 Å². The molecule has 96 valence electrons. The van der Waals surface area contributed by atoms with Gasteiger partial charge in [-0.1, -0.05) is 30.3 Å². The standard InChI is InChI=1S/C14H18BClO2/c1-10(11-7-6-8-12(16)9-11)15-17-13(2,3)14(4,5)18-15/h6-9H,1H2,2-5H3. The number of hydrogen-bond donors (Lipinski definition) is 0. The Morgan fingerprint density at radius 2 is 1.72 bits per heavy atom. The van der Waals surface area contributed by atoms with Crippen molar-refractivity contribution in [3.05, 3.63) is 41.4 Å². The highest BCUT2D eigenvalue weighted by Crippen LogP contribution is 2.40. The molecule has 1 heterocycles. The molecule has 1 aliphatic heterocycles. The van der Waals surface area contributed by atoms with E-state index in [9.17, 15) is 0 Å². The Morgan fingerprint density at radius 1 is 1.17 bits per heavy atom. The van der Waals surface area contributed by atoms with Gasteiger partial charge < -0.3 is 9.31 Å². The topological polar surface area (TPSA) is 18.5 Å². The highest BCUT2D eigenvalue weighted by Gasteiger charge is 2.52. The van der Waals surface area contributed by atoms with Gasteiger partial charge in [0.25, 0.3) is 0 Å². The summed E-state index contributed by atoms with van der Waals surface area (Å²) in [6.45, 7) is 12.2. The van der Waals surface area contributed by atoms with E-state index >= 15 is 0 Å².